The first-order chi connectivity index (χ1) is 22.9. The van der Waals surface area contributed by atoms with E-state index >= 15 is 4.39 Å². The molecule has 48 heavy (non-hydrogen) atoms. The van der Waals surface area contributed by atoms with Gasteiger partial charge in [-0.25, -0.2) is 18.7 Å². The van der Waals surface area contributed by atoms with Crippen molar-refractivity contribution in [2.75, 3.05) is 13.2 Å². The maximum atomic E-state index is 15.8. The average Bonchev–Trinajstić information content (AvgIpc) is 3.63. The number of aliphatic carboxylic acids is 1. The smallest absolute Gasteiger partial charge is 0.407 e. The van der Waals surface area contributed by atoms with Crippen LogP contribution in [0.25, 0.3) is 11.1 Å². The number of carboxylic acids is 1. The van der Waals surface area contributed by atoms with E-state index in [2.05, 4.69) is 15.6 Å². The van der Waals surface area contributed by atoms with E-state index in [-0.39, 0.29) is 24.6 Å². The zero-order chi connectivity index (χ0) is 34.5. The summed E-state index contributed by atoms with van der Waals surface area (Å²) in [5, 5.41) is 19.9. The van der Waals surface area contributed by atoms with Gasteiger partial charge in [-0.05, 0) is 22.3 Å². The van der Waals surface area contributed by atoms with Crippen molar-refractivity contribution in [2.45, 2.75) is 69.9 Å². The lowest BCUT2D eigenvalue weighted by Gasteiger charge is -2.41. The number of halogens is 1. The number of esters is 3. The Morgan fingerprint density at radius 1 is 0.896 bits per heavy atom. The Hall–Kier alpha value is -5.38. The Labute approximate surface area is 273 Å². The molecule has 1 fully saturated rings. The first kappa shape index (κ1) is 34.0. The average molecular weight is 668 g/mol. The highest BCUT2D eigenvalue weighted by Crippen LogP contribution is 2.44. The minimum atomic E-state index is -2.16. The molecule has 0 saturated carbocycles. The number of alkyl carbamates (subject to hydrolysis) is 1. The molecule has 0 unspecified atom stereocenters. The molecule has 0 radical (unpaired) electrons. The van der Waals surface area contributed by atoms with Gasteiger partial charge in [0.2, 0.25) is 0 Å². The molecular weight excluding hydrogens is 634 g/mol. The number of hydrogen-bond acceptors (Lipinski definition) is 12. The molecule has 2 aromatic carbocycles. The number of nitrogens with zero attached hydrogens (tertiary/aromatic N) is 3. The van der Waals surface area contributed by atoms with Crippen molar-refractivity contribution in [2.24, 2.45) is 0 Å². The van der Waals surface area contributed by atoms with Crippen LogP contribution < -0.4 is 5.32 Å². The second-order valence-corrected chi connectivity index (χ2v) is 11.2. The van der Waals surface area contributed by atoms with E-state index in [4.69, 9.17) is 23.7 Å². The van der Waals surface area contributed by atoms with Gasteiger partial charge in [-0.1, -0.05) is 53.7 Å². The van der Waals surface area contributed by atoms with Crippen LogP contribution in [0, 0.1) is 0 Å². The fraction of sp³-hybridized carbons (Fsp3) is 0.406. The first-order valence-corrected chi connectivity index (χ1v) is 14.9. The molecule has 15 nitrogen and oxygen atoms in total. The van der Waals surface area contributed by atoms with Crippen LogP contribution in [0.4, 0.5) is 9.18 Å². The van der Waals surface area contributed by atoms with Crippen LogP contribution in [0.2, 0.25) is 0 Å². The summed E-state index contributed by atoms with van der Waals surface area (Å²) in [6.07, 6.45) is -8.37. The molecule has 254 valence electrons. The molecule has 1 aliphatic carbocycles. The molecule has 1 aromatic heterocycles. The summed E-state index contributed by atoms with van der Waals surface area (Å²) in [6, 6.07) is 14.0. The predicted molar refractivity (Wildman–Crippen MR) is 160 cm³/mol. The van der Waals surface area contributed by atoms with Gasteiger partial charge >= 0.3 is 30.0 Å². The zero-order valence-electron chi connectivity index (χ0n) is 26.1. The standard InChI is InChI=1S/C32H33FN4O11/c1-16(38)44-15-26-28(46-17(2)39)29(47-18(3)40)27(33)30(48-26)37-13-19(35-36-37)12-25(31(41)42)34-32(43)45-14-24-22-10-6-4-8-20(22)21-9-5-7-11-23(21)24/h4-11,13,24-30H,12,14-15H2,1-3H3,(H,34,43)(H,41,42)/t25-,26+,27+,28+,29+,30+/m0/s1/i33-1. The summed E-state index contributed by atoms with van der Waals surface area (Å²) in [7, 11) is 0. The number of carbonyl (C=O) groups is 5. The number of alkyl halides is 1. The number of fused-ring (bicyclic) bond motifs is 3. The Bertz CT molecular complexity index is 1650. The van der Waals surface area contributed by atoms with Crippen molar-refractivity contribution in [1.82, 2.24) is 20.3 Å². The molecule has 0 spiro atoms. The van der Waals surface area contributed by atoms with Crippen molar-refractivity contribution in [1.29, 1.82) is 0 Å². The molecule has 2 heterocycles. The number of ether oxygens (including phenoxy) is 5. The lowest BCUT2D eigenvalue weighted by Crippen LogP contribution is -2.58. The SMILES string of the molecule is CC(=O)OC[C@H]1O[C@@H](n2cc(C[C@H](NC(=O)OCC3c4ccccc4-c4ccccc43)C(=O)O)nn2)[C@H]([18F])[C@@H](OC(C)=O)[C@@H]1OC(C)=O. The Balaban J connectivity index is 1.27. The molecule has 16 heteroatoms. The second-order valence-electron chi connectivity index (χ2n) is 11.2. The fourth-order valence-corrected chi connectivity index (χ4v) is 5.81. The van der Waals surface area contributed by atoms with Crippen LogP contribution in [0.15, 0.2) is 54.7 Å². The number of hydrogen-bond donors (Lipinski definition) is 2. The van der Waals surface area contributed by atoms with Gasteiger partial charge in [0.15, 0.2) is 24.6 Å². The molecule has 2 N–H and O–H groups in total. The summed E-state index contributed by atoms with van der Waals surface area (Å²) in [5.41, 5.74) is 4.06. The van der Waals surface area contributed by atoms with E-state index < -0.39 is 73.3 Å². The van der Waals surface area contributed by atoms with Gasteiger partial charge < -0.3 is 34.1 Å². The monoisotopic (exact) mass is 667 g/mol. The lowest BCUT2D eigenvalue weighted by atomic mass is 9.98. The molecule has 1 aliphatic heterocycles. The van der Waals surface area contributed by atoms with Crippen LogP contribution in [0.3, 0.4) is 0 Å². The third kappa shape index (κ3) is 7.60. The molecule has 2 aliphatic rings. The van der Waals surface area contributed by atoms with Gasteiger partial charge in [0.25, 0.3) is 0 Å². The largest absolute Gasteiger partial charge is 0.480 e. The summed E-state index contributed by atoms with van der Waals surface area (Å²) in [5.74, 6) is -4.04. The van der Waals surface area contributed by atoms with E-state index in [1.165, 1.54) is 6.20 Å². The van der Waals surface area contributed by atoms with Crippen LogP contribution >= 0.6 is 0 Å². The summed E-state index contributed by atoms with van der Waals surface area (Å²) in [6.45, 7) is 2.70. The molecule has 1 saturated heterocycles. The summed E-state index contributed by atoms with van der Waals surface area (Å²) in [4.78, 5) is 59.9. The van der Waals surface area contributed by atoms with Crippen LogP contribution in [0.5, 0.6) is 0 Å². The summed E-state index contributed by atoms with van der Waals surface area (Å²) < 4.78 is 43.3. The number of carbonyl (C=O) groups excluding carboxylic acids is 4. The van der Waals surface area contributed by atoms with Crippen molar-refractivity contribution >= 4 is 30.0 Å². The highest BCUT2D eigenvalue weighted by Gasteiger charge is 2.52. The fourth-order valence-electron chi connectivity index (χ4n) is 5.81. The normalized spacial score (nSPS) is 22.0. The van der Waals surface area contributed by atoms with E-state index in [9.17, 15) is 29.1 Å². The summed E-state index contributed by atoms with van der Waals surface area (Å²) >= 11 is 0. The predicted octanol–water partition coefficient (Wildman–Crippen LogP) is 2.47. The maximum Gasteiger partial charge on any atom is 0.407 e. The third-order valence-electron chi connectivity index (χ3n) is 7.81. The minimum absolute atomic E-state index is 0.0276. The van der Waals surface area contributed by atoms with Crippen molar-refractivity contribution < 1.29 is 57.2 Å². The number of nitrogens with one attached hydrogen (secondary N) is 1. The Morgan fingerprint density at radius 2 is 1.50 bits per heavy atom. The molecule has 3 aromatic rings. The molecule has 1 amide bonds. The number of benzene rings is 2. The van der Waals surface area contributed by atoms with E-state index in [1.807, 2.05) is 48.5 Å². The Kier molecular flexibility index (Phi) is 10.3. The van der Waals surface area contributed by atoms with Crippen molar-refractivity contribution in [3.8, 4) is 11.1 Å². The van der Waals surface area contributed by atoms with E-state index in [1.54, 1.807) is 0 Å². The van der Waals surface area contributed by atoms with Gasteiger partial charge in [-0.3, -0.25) is 14.4 Å². The molecule has 6 atom stereocenters. The van der Waals surface area contributed by atoms with Crippen molar-refractivity contribution in [3.63, 3.8) is 0 Å². The van der Waals surface area contributed by atoms with Crippen LogP contribution in [0.1, 0.15) is 49.7 Å². The van der Waals surface area contributed by atoms with Gasteiger partial charge in [0.05, 0.1) is 11.9 Å². The van der Waals surface area contributed by atoms with Crippen LogP contribution in [-0.2, 0) is 49.3 Å². The van der Waals surface area contributed by atoms with Gasteiger partial charge in [0, 0.05) is 33.1 Å². The second kappa shape index (κ2) is 14.6. The molecule has 0 bridgehead atoms. The topological polar surface area (TPSA) is 194 Å². The number of rotatable bonds is 11. The minimum Gasteiger partial charge on any atom is -0.480 e. The quantitative estimate of drug-likeness (QED) is 0.224. The van der Waals surface area contributed by atoms with Gasteiger partial charge in [-0.2, -0.15) is 0 Å². The number of amides is 1. The third-order valence-corrected chi connectivity index (χ3v) is 7.81. The zero-order valence-corrected chi connectivity index (χ0v) is 26.1. The van der Waals surface area contributed by atoms with Crippen LogP contribution in [-0.4, -0.2) is 93.8 Å². The number of aromatic nitrogens is 3. The molecular formula is C32H33FN4O11. The molecule has 5 rings (SSSR count). The first-order valence-electron chi connectivity index (χ1n) is 14.9. The van der Waals surface area contributed by atoms with E-state index in [0.29, 0.717) is 0 Å². The highest BCUT2D eigenvalue weighted by atomic mass is 18.2. The van der Waals surface area contributed by atoms with Gasteiger partial charge in [-0.15, -0.1) is 5.10 Å². The Morgan fingerprint density at radius 3 is 2.08 bits per heavy atom. The highest BCUT2D eigenvalue weighted by molar-refractivity contribution is 5.81. The van der Waals surface area contributed by atoms with Crippen molar-refractivity contribution in [3.05, 3.63) is 71.5 Å². The maximum absolute atomic E-state index is 15.8. The lowest BCUT2D eigenvalue weighted by molar-refractivity contribution is -0.253. The number of carboxylic acid groups (broad SMARTS) is 1. The van der Waals surface area contributed by atoms with Gasteiger partial charge in [0.1, 0.15) is 25.4 Å². The van der Waals surface area contributed by atoms with E-state index in [0.717, 1.165) is 47.7 Å².